The molecule has 0 fully saturated rings. The lowest BCUT2D eigenvalue weighted by atomic mass is 10.1. The Hall–Kier alpha value is -2.83. The minimum Gasteiger partial charge on any atom is -0.490 e. The fourth-order valence-electron chi connectivity index (χ4n) is 2.83. The second-order valence-corrected chi connectivity index (χ2v) is 7.98. The number of hydrogen-bond acceptors (Lipinski definition) is 4. The molecule has 0 aromatic heterocycles. The lowest BCUT2D eigenvalue weighted by Crippen LogP contribution is -2.18. The van der Waals surface area contributed by atoms with Crippen molar-refractivity contribution in [2.45, 2.75) is 20.5 Å². The molecule has 0 aliphatic rings. The van der Waals surface area contributed by atoms with Gasteiger partial charge in [0.2, 0.25) is 0 Å². The molecule has 3 aromatic carbocycles. The predicted molar refractivity (Wildman–Crippen MR) is 127 cm³/mol. The normalized spacial score (nSPS) is 10.8. The van der Waals surface area contributed by atoms with E-state index in [4.69, 9.17) is 21.1 Å². The van der Waals surface area contributed by atoms with Gasteiger partial charge in [0, 0.05) is 0 Å². The number of rotatable bonds is 8. The van der Waals surface area contributed by atoms with Gasteiger partial charge < -0.3 is 9.47 Å². The van der Waals surface area contributed by atoms with E-state index in [1.807, 2.05) is 62.4 Å². The Labute approximate surface area is 195 Å². The lowest BCUT2D eigenvalue weighted by molar-refractivity contribution is 0.0955. The summed E-state index contributed by atoms with van der Waals surface area (Å²) in [5.41, 5.74) is 5.63. The summed E-state index contributed by atoms with van der Waals surface area (Å²) in [5.74, 6) is 0.814. The Morgan fingerprint density at radius 3 is 2.61 bits per heavy atom. The number of hydrazone groups is 1. The minimum atomic E-state index is -0.381. The van der Waals surface area contributed by atoms with Crippen LogP contribution in [0, 0.1) is 6.92 Å². The van der Waals surface area contributed by atoms with Crippen molar-refractivity contribution in [2.24, 2.45) is 5.10 Å². The van der Waals surface area contributed by atoms with E-state index in [9.17, 15) is 4.79 Å². The van der Waals surface area contributed by atoms with E-state index in [0.717, 1.165) is 21.2 Å². The highest BCUT2D eigenvalue weighted by atomic mass is 79.9. The molecule has 31 heavy (non-hydrogen) atoms. The second-order valence-electron chi connectivity index (χ2n) is 6.72. The molecule has 0 radical (unpaired) electrons. The number of nitrogens with zero attached hydrogens (tertiary/aromatic N) is 1. The molecule has 0 bridgehead atoms. The number of benzene rings is 3. The standard InChI is InChI=1S/C24H22BrClN2O3/c1-3-30-22-13-18(12-20(25)23(22)31-15-17-7-5-4-6-8-17)14-27-28-24(29)19-10-9-16(2)11-21(19)26/h4-14H,3,15H2,1-2H3,(H,28,29)/b27-14-. The molecule has 0 saturated heterocycles. The van der Waals surface area contributed by atoms with Crippen LogP contribution in [0.5, 0.6) is 11.5 Å². The van der Waals surface area contributed by atoms with Crippen molar-refractivity contribution >= 4 is 39.7 Å². The third kappa shape index (κ3) is 6.32. The topological polar surface area (TPSA) is 59.9 Å². The van der Waals surface area contributed by atoms with E-state index in [-0.39, 0.29) is 5.91 Å². The van der Waals surface area contributed by atoms with Crippen molar-refractivity contribution in [2.75, 3.05) is 6.61 Å². The summed E-state index contributed by atoms with van der Waals surface area (Å²) < 4.78 is 12.5. The van der Waals surface area contributed by atoms with E-state index in [2.05, 4.69) is 26.5 Å². The number of carbonyl (C=O) groups is 1. The molecule has 3 rings (SSSR count). The Morgan fingerprint density at radius 2 is 1.90 bits per heavy atom. The summed E-state index contributed by atoms with van der Waals surface area (Å²) in [4.78, 5) is 12.3. The van der Waals surface area contributed by atoms with Crippen LogP contribution >= 0.6 is 27.5 Å². The van der Waals surface area contributed by atoms with Gasteiger partial charge in [0.1, 0.15) is 6.61 Å². The predicted octanol–water partition coefficient (Wildman–Crippen LogP) is 6.15. The summed E-state index contributed by atoms with van der Waals surface area (Å²) in [6.07, 6.45) is 1.54. The highest BCUT2D eigenvalue weighted by Crippen LogP contribution is 2.37. The van der Waals surface area contributed by atoms with Gasteiger partial charge in [0.25, 0.3) is 5.91 Å². The summed E-state index contributed by atoms with van der Waals surface area (Å²) in [6, 6.07) is 18.8. The molecular weight excluding hydrogens is 480 g/mol. The van der Waals surface area contributed by atoms with Crippen LogP contribution in [-0.2, 0) is 6.61 Å². The van der Waals surface area contributed by atoms with E-state index < -0.39 is 0 Å². The number of amides is 1. The second kappa shape index (κ2) is 11.0. The third-order valence-electron chi connectivity index (χ3n) is 4.31. The van der Waals surface area contributed by atoms with Gasteiger partial charge in [-0.15, -0.1) is 0 Å². The van der Waals surface area contributed by atoms with Crippen molar-refractivity contribution in [3.63, 3.8) is 0 Å². The van der Waals surface area contributed by atoms with Gasteiger partial charge in [-0.25, -0.2) is 5.43 Å². The Bertz CT molecular complexity index is 1090. The number of aryl methyl sites for hydroxylation is 1. The molecular formula is C24H22BrClN2O3. The number of halogens is 2. The molecule has 0 saturated carbocycles. The van der Waals surface area contributed by atoms with Crippen LogP contribution in [0.15, 0.2) is 70.2 Å². The molecule has 1 amide bonds. The first-order valence-electron chi connectivity index (χ1n) is 9.70. The number of ether oxygens (including phenoxy) is 2. The quantitative estimate of drug-likeness (QED) is 0.297. The van der Waals surface area contributed by atoms with Gasteiger partial charge in [-0.1, -0.05) is 48.0 Å². The Morgan fingerprint density at radius 1 is 1.13 bits per heavy atom. The Balaban J connectivity index is 1.73. The maximum atomic E-state index is 12.3. The molecule has 160 valence electrons. The number of carbonyl (C=O) groups excluding carboxylic acids is 1. The van der Waals surface area contributed by atoms with Crippen molar-refractivity contribution in [3.8, 4) is 11.5 Å². The van der Waals surface area contributed by atoms with Crippen LogP contribution in [-0.4, -0.2) is 18.7 Å². The van der Waals surface area contributed by atoms with Crippen LogP contribution in [0.2, 0.25) is 5.02 Å². The monoisotopic (exact) mass is 500 g/mol. The number of nitrogens with one attached hydrogen (secondary N) is 1. The van der Waals surface area contributed by atoms with Gasteiger partial charge in [-0.2, -0.15) is 5.10 Å². The summed E-state index contributed by atoms with van der Waals surface area (Å²) in [7, 11) is 0. The van der Waals surface area contributed by atoms with Crippen LogP contribution < -0.4 is 14.9 Å². The van der Waals surface area contributed by atoms with Gasteiger partial charge in [-0.05, 0) is 70.7 Å². The highest BCUT2D eigenvalue weighted by molar-refractivity contribution is 9.10. The average molecular weight is 502 g/mol. The van der Waals surface area contributed by atoms with E-state index in [1.165, 1.54) is 6.21 Å². The largest absolute Gasteiger partial charge is 0.490 e. The molecule has 5 nitrogen and oxygen atoms in total. The zero-order valence-electron chi connectivity index (χ0n) is 17.2. The van der Waals surface area contributed by atoms with E-state index in [0.29, 0.717) is 35.3 Å². The van der Waals surface area contributed by atoms with E-state index >= 15 is 0 Å². The smallest absolute Gasteiger partial charge is 0.272 e. The fourth-order valence-corrected chi connectivity index (χ4v) is 3.72. The third-order valence-corrected chi connectivity index (χ3v) is 5.21. The van der Waals surface area contributed by atoms with Crippen molar-refractivity contribution in [1.29, 1.82) is 0 Å². The summed E-state index contributed by atoms with van der Waals surface area (Å²) in [6.45, 7) is 4.71. The fraction of sp³-hybridized carbons (Fsp3) is 0.167. The minimum absolute atomic E-state index is 0.366. The highest BCUT2D eigenvalue weighted by Gasteiger charge is 2.13. The molecule has 0 aliphatic heterocycles. The Kier molecular flexibility index (Phi) is 8.09. The first-order valence-corrected chi connectivity index (χ1v) is 10.9. The molecule has 0 unspecified atom stereocenters. The van der Waals surface area contributed by atoms with Crippen molar-refractivity contribution in [1.82, 2.24) is 5.43 Å². The van der Waals surface area contributed by atoms with E-state index in [1.54, 1.807) is 12.1 Å². The molecule has 0 spiro atoms. The van der Waals surface area contributed by atoms with Gasteiger partial charge in [0.05, 0.1) is 27.9 Å². The molecule has 7 heteroatoms. The molecule has 0 aliphatic carbocycles. The zero-order valence-corrected chi connectivity index (χ0v) is 19.5. The van der Waals surface area contributed by atoms with Gasteiger partial charge >= 0.3 is 0 Å². The van der Waals surface area contributed by atoms with Gasteiger partial charge in [0.15, 0.2) is 11.5 Å². The maximum Gasteiger partial charge on any atom is 0.272 e. The average Bonchev–Trinajstić information content (AvgIpc) is 2.74. The van der Waals surface area contributed by atoms with Crippen molar-refractivity contribution in [3.05, 3.63) is 92.4 Å². The van der Waals surface area contributed by atoms with Crippen LogP contribution in [0.25, 0.3) is 0 Å². The summed E-state index contributed by atoms with van der Waals surface area (Å²) in [5, 5.41) is 4.43. The first-order chi connectivity index (χ1) is 15.0. The van der Waals surface area contributed by atoms with Crippen molar-refractivity contribution < 1.29 is 14.3 Å². The molecule has 3 aromatic rings. The molecule has 1 N–H and O–H groups in total. The van der Waals surface area contributed by atoms with Crippen LogP contribution in [0.1, 0.15) is 34.0 Å². The summed E-state index contributed by atoms with van der Waals surface area (Å²) >= 11 is 9.68. The van der Waals surface area contributed by atoms with Crippen LogP contribution in [0.4, 0.5) is 0 Å². The lowest BCUT2D eigenvalue weighted by Gasteiger charge is -2.14. The number of hydrogen-bond donors (Lipinski definition) is 1. The molecule has 0 atom stereocenters. The molecule has 0 heterocycles. The van der Waals surface area contributed by atoms with Crippen LogP contribution in [0.3, 0.4) is 0 Å². The maximum absolute atomic E-state index is 12.3. The van der Waals surface area contributed by atoms with Gasteiger partial charge in [-0.3, -0.25) is 4.79 Å². The SMILES string of the molecule is CCOc1cc(/C=N\NC(=O)c2ccc(C)cc2Cl)cc(Br)c1OCc1ccccc1. The zero-order chi connectivity index (χ0) is 22.2. The first kappa shape index (κ1) is 22.8.